The number of hydrogen-bond donors (Lipinski definition) is 1. The lowest BCUT2D eigenvalue weighted by Gasteiger charge is -2.07. The molecule has 0 saturated carbocycles. The Morgan fingerprint density at radius 1 is 1.00 bits per heavy atom. The van der Waals surface area contributed by atoms with E-state index >= 15 is 0 Å². The molecule has 0 aliphatic rings. The summed E-state index contributed by atoms with van der Waals surface area (Å²) in [4.78, 5) is 13.2. The lowest BCUT2D eigenvalue weighted by atomic mass is 10.1. The zero-order chi connectivity index (χ0) is 16.5. The molecule has 4 rings (SSSR count). The molecule has 2 aromatic heterocycles. The summed E-state index contributed by atoms with van der Waals surface area (Å²) in [5.74, 6) is 0.201. The van der Waals surface area contributed by atoms with Crippen molar-refractivity contribution in [2.45, 2.75) is 13.5 Å². The second-order valence-corrected chi connectivity index (χ2v) is 5.77. The molecule has 4 aromatic rings. The molecule has 0 unspecified atom stereocenters. The van der Waals surface area contributed by atoms with Gasteiger partial charge in [0.15, 0.2) is 5.65 Å². The third-order valence-corrected chi connectivity index (χ3v) is 4.01. The summed E-state index contributed by atoms with van der Waals surface area (Å²) >= 11 is 0. The van der Waals surface area contributed by atoms with Gasteiger partial charge in [-0.05, 0) is 30.2 Å². The Hall–Kier alpha value is -3.21. The number of phenols is 1. The van der Waals surface area contributed by atoms with E-state index in [1.165, 1.54) is 11.9 Å². The molecular weight excluding hydrogens is 300 g/mol. The van der Waals surface area contributed by atoms with E-state index in [2.05, 4.69) is 27.1 Å². The minimum absolute atomic E-state index is 0.201. The first kappa shape index (κ1) is 14.4. The molecule has 0 bridgehead atoms. The lowest BCUT2D eigenvalue weighted by molar-refractivity contribution is 0.476. The molecule has 0 spiro atoms. The van der Waals surface area contributed by atoms with Crippen LogP contribution in [-0.2, 0) is 6.54 Å². The smallest absolute Gasteiger partial charge is 0.164 e. The number of imidazole rings is 1. The summed E-state index contributed by atoms with van der Waals surface area (Å²) in [5, 5.41) is 10.3. The number of aromatic hydroxyl groups is 1. The summed E-state index contributed by atoms with van der Waals surface area (Å²) in [7, 11) is 0. The van der Waals surface area contributed by atoms with E-state index in [4.69, 9.17) is 0 Å². The highest BCUT2D eigenvalue weighted by Crippen LogP contribution is 2.32. The first-order valence-electron chi connectivity index (χ1n) is 7.72. The highest BCUT2D eigenvalue weighted by molar-refractivity contribution is 5.89. The average molecular weight is 316 g/mol. The van der Waals surface area contributed by atoms with E-state index < -0.39 is 0 Å². The van der Waals surface area contributed by atoms with Gasteiger partial charge in [0, 0.05) is 5.56 Å². The zero-order valence-corrected chi connectivity index (χ0v) is 13.2. The molecule has 118 valence electrons. The van der Waals surface area contributed by atoms with Crippen molar-refractivity contribution in [3.8, 4) is 17.0 Å². The maximum absolute atomic E-state index is 10.3. The summed E-state index contributed by atoms with van der Waals surface area (Å²) in [6, 6.07) is 15.7. The Balaban J connectivity index is 1.82. The van der Waals surface area contributed by atoms with Crippen molar-refractivity contribution in [1.29, 1.82) is 0 Å². The number of benzene rings is 2. The van der Waals surface area contributed by atoms with Crippen molar-refractivity contribution < 1.29 is 5.11 Å². The lowest BCUT2D eigenvalue weighted by Crippen LogP contribution is -1.99. The predicted octanol–water partition coefficient (Wildman–Crippen LogP) is 3.56. The number of aromatic nitrogens is 4. The summed E-state index contributed by atoms with van der Waals surface area (Å²) < 4.78 is 1.99. The Morgan fingerprint density at radius 2 is 1.83 bits per heavy atom. The van der Waals surface area contributed by atoms with Gasteiger partial charge in [0.25, 0.3) is 0 Å². The van der Waals surface area contributed by atoms with E-state index in [0.717, 1.165) is 11.2 Å². The molecule has 24 heavy (non-hydrogen) atoms. The van der Waals surface area contributed by atoms with Crippen LogP contribution in [0.2, 0.25) is 0 Å². The van der Waals surface area contributed by atoms with Crippen molar-refractivity contribution in [2.75, 3.05) is 0 Å². The van der Waals surface area contributed by atoms with E-state index in [1.54, 1.807) is 12.4 Å². The van der Waals surface area contributed by atoms with Gasteiger partial charge in [0.05, 0.1) is 12.9 Å². The van der Waals surface area contributed by atoms with Crippen molar-refractivity contribution in [2.24, 2.45) is 0 Å². The van der Waals surface area contributed by atoms with Gasteiger partial charge in [0.2, 0.25) is 0 Å². The van der Waals surface area contributed by atoms with Gasteiger partial charge in [0.1, 0.15) is 23.3 Å². The quantitative estimate of drug-likeness (QED) is 0.628. The van der Waals surface area contributed by atoms with Crippen LogP contribution >= 0.6 is 0 Å². The highest BCUT2D eigenvalue weighted by atomic mass is 16.3. The summed E-state index contributed by atoms with van der Waals surface area (Å²) in [6.45, 7) is 2.63. The van der Waals surface area contributed by atoms with Crippen LogP contribution in [0.3, 0.4) is 0 Å². The number of phenolic OH excluding ortho intramolecular Hbond substituents is 1. The molecule has 2 aromatic carbocycles. The topological polar surface area (TPSA) is 63.8 Å². The normalized spacial score (nSPS) is 11.0. The second kappa shape index (κ2) is 5.77. The van der Waals surface area contributed by atoms with Gasteiger partial charge >= 0.3 is 0 Å². The van der Waals surface area contributed by atoms with Gasteiger partial charge in [-0.1, -0.05) is 36.4 Å². The Morgan fingerprint density at radius 3 is 2.62 bits per heavy atom. The second-order valence-electron chi connectivity index (χ2n) is 5.77. The molecular formula is C19H16N4O. The fourth-order valence-electron chi connectivity index (χ4n) is 2.82. The van der Waals surface area contributed by atoms with Crippen LogP contribution in [0.5, 0.6) is 5.75 Å². The van der Waals surface area contributed by atoms with Gasteiger partial charge in [-0.3, -0.25) is 0 Å². The fraction of sp³-hybridized carbons (Fsp3) is 0.105. The van der Waals surface area contributed by atoms with Gasteiger partial charge in [-0.25, -0.2) is 15.0 Å². The number of aryl methyl sites for hydroxylation is 1. The van der Waals surface area contributed by atoms with E-state index in [1.807, 2.05) is 41.8 Å². The zero-order valence-electron chi connectivity index (χ0n) is 13.2. The van der Waals surface area contributed by atoms with Crippen molar-refractivity contribution in [1.82, 2.24) is 19.5 Å². The molecule has 0 saturated heterocycles. The van der Waals surface area contributed by atoms with Crippen molar-refractivity contribution in [3.05, 3.63) is 72.3 Å². The number of nitrogens with zero attached hydrogens (tertiary/aromatic N) is 4. The van der Waals surface area contributed by atoms with Crippen LogP contribution < -0.4 is 0 Å². The fourth-order valence-corrected chi connectivity index (χ4v) is 2.82. The largest absolute Gasteiger partial charge is 0.507 e. The van der Waals surface area contributed by atoms with Crippen LogP contribution in [0.25, 0.3) is 22.4 Å². The monoisotopic (exact) mass is 316 g/mol. The molecule has 5 nitrogen and oxygen atoms in total. The average Bonchev–Trinajstić information content (AvgIpc) is 2.99. The Kier molecular flexibility index (Phi) is 3.46. The van der Waals surface area contributed by atoms with Gasteiger partial charge in [-0.15, -0.1) is 0 Å². The minimum Gasteiger partial charge on any atom is -0.507 e. The van der Waals surface area contributed by atoms with Gasteiger partial charge in [-0.2, -0.15) is 0 Å². The first-order chi connectivity index (χ1) is 11.7. The molecule has 5 heteroatoms. The molecule has 2 heterocycles. The molecule has 0 atom stereocenters. The predicted molar refractivity (Wildman–Crippen MR) is 92.7 cm³/mol. The third kappa shape index (κ3) is 2.50. The summed E-state index contributed by atoms with van der Waals surface area (Å²) in [5.41, 5.74) is 4.92. The maximum atomic E-state index is 10.3. The Labute approximate surface area is 139 Å². The highest BCUT2D eigenvalue weighted by Gasteiger charge is 2.14. The van der Waals surface area contributed by atoms with E-state index in [9.17, 15) is 5.11 Å². The van der Waals surface area contributed by atoms with Crippen LogP contribution in [0.1, 0.15) is 11.1 Å². The third-order valence-electron chi connectivity index (χ3n) is 4.01. The molecule has 0 aliphatic heterocycles. The van der Waals surface area contributed by atoms with Crippen molar-refractivity contribution >= 4 is 11.2 Å². The maximum Gasteiger partial charge on any atom is 0.164 e. The number of fused-ring (bicyclic) bond motifs is 1. The van der Waals surface area contributed by atoms with Crippen molar-refractivity contribution in [3.63, 3.8) is 0 Å². The van der Waals surface area contributed by atoms with Crippen LogP contribution in [0, 0.1) is 6.92 Å². The van der Waals surface area contributed by atoms with E-state index in [0.29, 0.717) is 23.3 Å². The number of hydrogen-bond acceptors (Lipinski definition) is 4. The molecule has 1 N–H and O–H groups in total. The minimum atomic E-state index is 0.201. The Bertz CT molecular complexity index is 1010. The molecule has 0 fully saturated rings. The van der Waals surface area contributed by atoms with Crippen LogP contribution in [0.4, 0.5) is 0 Å². The number of rotatable bonds is 3. The first-order valence-corrected chi connectivity index (χ1v) is 7.72. The summed E-state index contributed by atoms with van der Waals surface area (Å²) in [6.07, 6.45) is 3.28. The van der Waals surface area contributed by atoms with E-state index in [-0.39, 0.29) is 5.75 Å². The molecule has 0 radical (unpaired) electrons. The SMILES string of the molecule is Cc1ccc(-c2ncnc3c2ncn3Cc2ccccc2)c(O)c1. The standard InChI is InChI=1S/C19H16N4O/c1-13-7-8-15(16(24)9-13)17-18-19(21-11-20-17)23(12-22-18)10-14-5-3-2-4-6-14/h2-9,11-12,24H,10H2,1H3. The van der Waals surface area contributed by atoms with Crippen LogP contribution in [0.15, 0.2) is 61.2 Å². The molecule has 0 amide bonds. The molecule has 0 aliphatic carbocycles. The van der Waals surface area contributed by atoms with Crippen LogP contribution in [-0.4, -0.2) is 24.6 Å². The van der Waals surface area contributed by atoms with Gasteiger partial charge < -0.3 is 9.67 Å².